The van der Waals surface area contributed by atoms with Gasteiger partial charge in [0, 0.05) is 13.0 Å². The number of aliphatic hydroxyl groups excluding tert-OH is 1. The fraction of sp³-hybridized carbons (Fsp3) is 1.00. The van der Waals surface area contributed by atoms with Gasteiger partial charge in [-0.05, 0) is 12.3 Å². The van der Waals surface area contributed by atoms with E-state index < -0.39 is 0 Å². The van der Waals surface area contributed by atoms with E-state index >= 15 is 0 Å². The summed E-state index contributed by atoms with van der Waals surface area (Å²) in [5.74, 6) is 0.878. The van der Waals surface area contributed by atoms with E-state index in [-0.39, 0.29) is 12.0 Å². The van der Waals surface area contributed by atoms with Crippen molar-refractivity contribution in [3.05, 3.63) is 0 Å². The molecule has 13 heavy (non-hydrogen) atoms. The standard InChI is InChI=1S/C11H24O2/c1-5-6-9(2)7-11(12)10(3)8-13-4/h9-12H,5-8H2,1-4H3. The van der Waals surface area contributed by atoms with Gasteiger partial charge in [0.1, 0.15) is 0 Å². The fourth-order valence-electron chi connectivity index (χ4n) is 1.63. The summed E-state index contributed by atoms with van der Waals surface area (Å²) < 4.78 is 5.01. The van der Waals surface area contributed by atoms with Crippen LogP contribution in [0.4, 0.5) is 0 Å². The summed E-state index contributed by atoms with van der Waals surface area (Å²) in [5.41, 5.74) is 0. The Labute approximate surface area is 82.3 Å². The normalized spacial score (nSPS) is 18.2. The third kappa shape index (κ3) is 6.05. The third-order valence-electron chi connectivity index (χ3n) is 2.51. The van der Waals surface area contributed by atoms with Gasteiger partial charge in [-0.2, -0.15) is 0 Å². The van der Waals surface area contributed by atoms with Crippen LogP contribution in [0, 0.1) is 11.8 Å². The first-order valence-corrected chi connectivity index (χ1v) is 5.28. The van der Waals surface area contributed by atoms with Gasteiger partial charge >= 0.3 is 0 Å². The van der Waals surface area contributed by atoms with E-state index in [1.807, 2.05) is 6.92 Å². The van der Waals surface area contributed by atoms with Crippen molar-refractivity contribution in [1.82, 2.24) is 0 Å². The highest BCUT2D eigenvalue weighted by Crippen LogP contribution is 2.17. The lowest BCUT2D eigenvalue weighted by molar-refractivity contribution is 0.0421. The first kappa shape index (κ1) is 12.9. The maximum Gasteiger partial charge on any atom is 0.0590 e. The van der Waals surface area contributed by atoms with Crippen molar-refractivity contribution < 1.29 is 9.84 Å². The minimum Gasteiger partial charge on any atom is -0.393 e. The Morgan fingerprint density at radius 2 is 1.92 bits per heavy atom. The van der Waals surface area contributed by atoms with E-state index in [9.17, 15) is 5.11 Å². The lowest BCUT2D eigenvalue weighted by Gasteiger charge is -2.21. The second kappa shape index (κ2) is 7.34. The molecule has 2 nitrogen and oxygen atoms in total. The Kier molecular flexibility index (Phi) is 7.29. The molecule has 0 amide bonds. The average molecular weight is 188 g/mol. The van der Waals surface area contributed by atoms with Gasteiger partial charge in [0.05, 0.1) is 12.7 Å². The zero-order chi connectivity index (χ0) is 10.3. The van der Waals surface area contributed by atoms with Crippen LogP contribution in [0.1, 0.15) is 40.0 Å². The molecular weight excluding hydrogens is 164 g/mol. The molecule has 0 heterocycles. The van der Waals surface area contributed by atoms with E-state index in [0.29, 0.717) is 12.5 Å². The molecule has 0 bridgehead atoms. The van der Waals surface area contributed by atoms with Crippen molar-refractivity contribution in [3.8, 4) is 0 Å². The quantitative estimate of drug-likeness (QED) is 0.665. The Morgan fingerprint density at radius 3 is 2.38 bits per heavy atom. The van der Waals surface area contributed by atoms with Crippen LogP contribution in [0.2, 0.25) is 0 Å². The fourth-order valence-corrected chi connectivity index (χ4v) is 1.63. The summed E-state index contributed by atoms with van der Waals surface area (Å²) in [7, 11) is 1.68. The molecule has 0 fully saturated rings. The van der Waals surface area contributed by atoms with Crippen LogP contribution in [0.3, 0.4) is 0 Å². The van der Waals surface area contributed by atoms with E-state index in [1.165, 1.54) is 12.8 Å². The molecule has 3 atom stereocenters. The lowest BCUT2D eigenvalue weighted by Crippen LogP contribution is -2.24. The number of methoxy groups -OCH3 is 1. The number of hydrogen-bond donors (Lipinski definition) is 1. The Morgan fingerprint density at radius 1 is 1.31 bits per heavy atom. The summed E-state index contributed by atoms with van der Waals surface area (Å²) in [6.45, 7) is 7.07. The number of ether oxygens (including phenoxy) is 1. The van der Waals surface area contributed by atoms with Crippen molar-refractivity contribution in [2.45, 2.75) is 46.1 Å². The second-order valence-electron chi connectivity index (χ2n) is 4.13. The molecule has 80 valence electrons. The molecule has 0 radical (unpaired) electrons. The smallest absolute Gasteiger partial charge is 0.0590 e. The largest absolute Gasteiger partial charge is 0.393 e. The summed E-state index contributed by atoms with van der Waals surface area (Å²) in [6, 6.07) is 0. The highest BCUT2D eigenvalue weighted by Gasteiger charge is 2.16. The van der Waals surface area contributed by atoms with Crippen LogP contribution in [0.5, 0.6) is 0 Å². The first-order chi connectivity index (χ1) is 6.11. The van der Waals surface area contributed by atoms with E-state index in [1.54, 1.807) is 7.11 Å². The van der Waals surface area contributed by atoms with Crippen molar-refractivity contribution in [3.63, 3.8) is 0 Å². The van der Waals surface area contributed by atoms with Gasteiger partial charge in [-0.1, -0.05) is 33.6 Å². The number of aliphatic hydroxyl groups is 1. The van der Waals surface area contributed by atoms with Crippen molar-refractivity contribution >= 4 is 0 Å². The molecule has 0 saturated carbocycles. The van der Waals surface area contributed by atoms with Crippen LogP contribution in [-0.2, 0) is 4.74 Å². The Hall–Kier alpha value is -0.0800. The zero-order valence-electron chi connectivity index (χ0n) is 9.42. The molecule has 0 aliphatic carbocycles. The Bertz CT molecular complexity index is 115. The van der Waals surface area contributed by atoms with Crippen LogP contribution in [0.15, 0.2) is 0 Å². The Balaban J connectivity index is 3.64. The molecule has 0 rings (SSSR count). The minimum atomic E-state index is -0.207. The van der Waals surface area contributed by atoms with Gasteiger partial charge in [0.25, 0.3) is 0 Å². The predicted octanol–water partition coefficient (Wildman–Crippen LogP) is 2.46. The maximum atomic E-state index is 9.77. The highest BCUT2D eigenvalue weighted by atomic mass is 16.5. The highest BCUT2D eigenvalue weighted by molar-refractivity contribution is 4.67. The molecule has 1 N–H and O–H groups in total. The summed E-state index contributed by atoms with van der Waals surface area (Å²) in [5, 5.41) is 9.77. The molecule has 0 saturated heterocycles. The zero-order valence-corrected chi connectivity index (χ0v) is 9.42. The average Bonchev–Trinajstić information content (AvgIpc) is 2.05. The molecule has 0 spiro atoms. The molecule has 3 unspecified atom stereocenters. The third-order valence-corrected chi connectivity index (χ3v) is 2.51. The van der Waals surface area contributed by atoms with Crippen molar-refractivity contribution in [1.29, 1.82) is 0 Å². The molecule has 0 aromatic heterocycles. The summed E-state index contributed by atoms with van der Waals surface area (Å²) >= 11 is 0. The van der Waals surface area contributed by atoms with Gasteiger partial charge in [-0.15, -0.1) is 0 Å². The molecule has 2 heteroatoms. The predicted molar refractivity (Wildman–Crippen MR) is 55.7 cm³/mol. The summed E-state index contributed by atoms with van der Waals surface area (Å²) in [4.78, 5) is 0. The topological polar surface area (TPSA) is 29.5 Å². The lowest BCUT2D eigenvalue weighted by atomic mass is 9.93. The number of hydrogen-bond acceptors (Lipinski definition) is 2. The maximum absolute atomic E-state index is 9.77. The van der Waals surface area contributed by atoms with E-state index in [0.717, 1.165) is 6.42 Å². The van der Waals surface area contributed by atoms with Crippen LogP contribution in [-0.4, -0.2) is 24.9 Å². The van der Waals surface area contributed by atoms with Crippen molar-refractivity contribution in [2.75, 3.05) is 13.7 Å². The SMILES string of the molecule is CCCC(C)CC(O)C(C)COC. The molecule has 0 aliphatic heterocycles. The monoisotopic (exact) mass is 188 g/mol. The minimum absolute atomic E-state index is 0.207. The molecule has 0 aliphatic rings. The first-order valence-electron chi connectivity index (χ1n) is 5.28. The van der Waals surface area contributed by atoms with E-state index in [2.05, 4.69) is 13.8 Å². The van der Waals surface area contributed by atoms with Gasteiger partial charge in [-0.3, -0.25) is 0 Å². The van der Waals surface area contributed by atoms with Crippen molar-refractivity contribution in [2.24, 2.45) is 11.8 Å². The number of rotatable bonds is 7. The van der Waals surface area contributed by atoms with Gasteiger partial charge in [0.15, 0.2) is 0 Å². The summed E-state index contributed by atoms with van der Waals surface area (Å²) in [6.07, 6.45) is 3.10. The van der Waals surface area contributed by atoms with Gasteiger partial charge in [0.2, 0.25) is 0 Å². The van der Waals surface area contributed by atoms with Gasteiger partial charge < -0.3 is 9.84 Å². The van der Waals surface area contributed by atoms with Gasteiger partial charge in [-0.25, -0.2) is 0 Å². The van der Waals surface area contributed by atoms with Crippen LogP contribution < -0.4 is 0 Å². The van der Waals surface area contributed by atoms with Crippen LogP contribution >= 0.6 is 0 Å². The van der Waals surface area contributed by atoms with E-state index in [4.69, 9.17) is 4.74 Å². The second-order valence-corrected chi connectivity index (χ2v) is 4.13. The molecular formula is C11H24O2. The molecule has 0 aromatic rings. The molecule has 0 aromatic carbocycles. The van der Waals surface area contributed by atoms with Crippen LogP contribution in [0.25, 0.3) is 0 Å².